The maximum Gasteiger partial charge on any atom is 0.277 e. The SMILES string of the molecule is CCOCCCNC(=O)c1cccc(NC(=O)c2cc(-c3cccnc3)on2)c1. The molecule has 8 nitrogen and oxygen atoms in total. The summed E-state index contributed by atoms with van der Waals surface area (Å²) in [5.74, 6) is -0.195. The molecule has 2 amide bonds. The molecule has 0 aliphatic carbocycles. The molecule has 3 aromatic rings. The van der Waals surface area contributed by atoms with Crippen LogP contribution in [0.15, 0.2) is 59.4 Å². The molecule has 29 heavy (non-hydrogen) atoms. The minimum absolute atomic E-state index is 0.134. The zero-order chi connectivity index (χ0) is 20.5. The van der Waals surface area contributed by atoms with Crippen LogP contribution in [0.2, 0.25) is 0 Å². The fourth-order valence-corrected chi connectivity index (χ4v) is 2.58. The molecule has 150 valence electrons. The van der Waals surface area contributed by atoms with Crippen LogP contribution < -0.4 is 10.6 Å². The van der Waals surface area contributed by atoms with E-state index in [-0.39, 0.29) is 11.6 Å². The Morgan fingerprint density at radius 3 is 2.83 bits per heavy atom. The first-order chi connectivity index (χ1) is 14.2. The first kappa shape index (κ1) is 20.2. The van der Waals surface area contributed by atoms with E-state index in [4.69, 9.17) is 9.26 Å². The van der Waals surface area contributed by atoms with Gasteiger partial charge in [0.05, 0.1) is 0 Å². The fourth-order valence-electron chi connectivity index (χ4n) is 2.58. The van der Waals surface area contributed by atoms with E-state index in [9.17, 15) is 9.59 Å². The zero-order valence-electron chi connectivity index (χ0n) is 16.1. The maximum atomic E-state index is 12.4. The van der Waals surface area contributed by atoms with Gasteiger partial charge in [0.15, 0.2) is 11.5 Å². The Labute approximate surface area is 168 Å². The number of nitrogens with one attached hydrogen (secondary N) is 2. The third kappa shape index (κ3) is 5.73. The van der Waals surface area contributed by atoms with E-state index in [0.717, 1.165) is 12.0 Å². The number of pyridine rings is 1. The third-order valence-electron chi connectivity index (χ3n) is 4.03. The number of benzene rings is 1. The van der Waals surface area contributed by atoms with Gasteiger partial charge in [0, 0.05) is 55.0 Å². The Kier molecular flexibility index (Phi) is 7.07. The lowest BCUT2D eigenvalue weighted by atomic mass is 10.1. The molecule has 2 N–H and O–H groups in total. The van der Waals surface area contributed by atoms with Crippen molar-refractivity contribution in [3.63, 3.8) is 0 Å². The Morgan fingerprint density at radius 2 is 2.03 bits per heavy atom. The maximum absolute atomic E-state index is 12.4. The molecule has 3 rings (SSSR count). The summed E-state index contributed by atoms with van der Waals surface area (Å²) in [5, 5.41) is 9.36. The number of hydrogen-bond acceptors (Lipinski definition) is 6. The number of amides is 2. The Bertz CT molecular complexity index is 956. The number of nitrogens with zero attached hydrogens (tertiary/aromatic N) is 2. The van der Waals surface area contributed by atoms with E-state index < -0.39 is 5.91 Å². The molecule has 0 spiro atoms. The molecule has 0 saturated heterocycles. The molecule has 1 aromatic carbocycles. The van der Waals surface area contributed by atoms with Crippen LogP contribution in [0.25, 0.3) is 11.3 Å². The van der Waals surface area contributed by atoms with Crippen molar-refractivity contribution in [2.45, 2.75) is 13.3 Å². The van der Waals surface area contributed by atoms with E-state index in [1.165, 1.54) is 0 Å². The summed E-state index contributed by atoms with van der Waals surface area (Å²) in [6.45, 7) is 3.71. The highest BCUT2D eigenvalue weighted by molar-refractivity contribution is 6.04. The van der Waals surface area contributed by atoms with E-state index in [0.29, 0.717) is 36.8 Å². The summed E-state index contributed by atoms with van der Waals surface area (Å²) in [7, 11) is 0. The number of carbonyl (C=O) groups excluding carboxylic acids is 2. The van der Waals surface area contributed by atoms with Crippen molar-refractivity contribution in [3.05, 3.63) is 66.1 Å². The monoisotopic (exact) mass is 394 g/mol. The number of carbonyl (C=O) groups is 2. The quantitative estimate of drug-likeness (QED) is 0.540. The van der Waals surface area contributed by atoms with Crippen molar-refractivity contribution in [1.29, 1.82) is 0 Å². The normalized spacial score (nSPS) is 10.5. The molecule has 0 unspecified atom stereocenters. The molecule has 8 heteroatoms. The summed E-state index contributed by atoms with van der Waals surface area (Å²) in [6, 6.07) is 11.8. The van der Waals surface area contributed by atoms with Gasteiger partial charge >= 0.3 is 0 Å². The largest absolute Gasteiger partial charge is 0.382 e. The highest BCUT2D eigenvalue weighted by atomic mass is 16.5. The van der Waals surface area contributed by atoms with Gasteiger partial charge < -0.3 is 19.9 Å². The number of ether oxygens (including phenoxy) is 1. The lowest BCUT2D eigenvalue weighted by Crippen LogP contribution is -2.25. The van der Waals surface area contributed by atoms with Crippen LogP contribution in [0, 0.1) is 0 Å². The second kappa shape index (κ2) is 10.1. The molecule has 0 fully saturated rings. The van der Waals surface area contributed by atoms with Crippen LogP contribution in [-0.2, 0) is 4.74 Å². The topological polar surface area (TPSA) is 106 Å². The molecule has 2 heterocycles. The molecule has 2 aromatic heterocycles. The Morgan fingerprint density at radius 1 is 1.14 bits per heavy atom. The minimum atomic E-state index is -0.432. The molecule has 0 bridgehead atoms. The fraction of sp³-hybridized carbons (Fsp3) is 0.238. The summed E-state index contributed by atoms with van der Waals surface area (Å²) in [6.07, 6.45) is 4.01. The molecular formula is C21H22N4O4. The molecule has 0 aliphatic heterocycles. The number of rotatable bonds is 9. The third-order valence-corrected chi connectivity index (χ3v) is 4.03. The highest BCUT2D eigenvalue weighted by Gasteiger charge is 2.15. The molecule has 0 aliphatic rings. The summed E-state index contributed by atoms with van der Waals surface area (Å²) < 4.78 is 10.5. The predicted molar refractivity (Wildman–Crippen MR) is 108 cm³/mol. The van der Waals surface area contributed by atoms with E-state index >= 15 is 0 Å². The van der Waals surface area contributed by atoms with E-state index in [2.05, 4.69) is 20.8 Å². The van der Waals surface area contributed by atoms with Crippen LogP contribution in [0.1, 0.15) is 34.2 Å². The minimum Gasteiger partial charge on any atom is -0.382 e. The molecule has 0 saturated carbocycles. The average molecular weight is 394 g/mol. The summed E-state index contributed by atoms with van der Waals surface area (Å²) in [4.78, 5) is 28.7. The van der Waals surface area contributed by atoms with Gasteiger partial charge in [-0.25, -0.2) is 0 Å². The van der Waals surface area contributed by atoms with Crippen molar-refractivity contribution in [2.24, 2.45) is 0 Å². The van der Waals surface area contributed by atoms with Crippen LogP contribution in [0.5, 0.6) is 0 Å². The first-order valence-electron chi connectivity index (χ1n) is 9.32. The molecular weight excluding hydrogens is 372 g/mol. The average Bonchev–Trinajstić information content (AvgIpc) is 3.25. The van der Waals surface area contributed by atoms with E-state index in [1.807, 2.05) is 13.0 Å². The van der Waals surface area contributed by atoms with Gasteiger partial charge in [-0.3, -0.25) is 14.6 Å². The van der Waals surface area contributed by atoms with Crippen molar-refractivity contribution in [2.75, 3.05) is 25.1 Å². The van der Waals surface area contributed by atoms with Gasteiger partial charge in [-0.2, -0.15) is 0 Å². The van der Waals surface area contributed by atoms with Crippen LogP contribution in [-0.4, -0.2) is 41.7 Å². The first-order valence-corrected chi connectivity index (χ1v) is 9.32. The van der Waals surface area contributed by atoms with Gasteiger partial charge in [0.1, 0.15) is 0 Å². The van der Waals surface area contributed by atoms with Crippen molar-refractivity contribution < 1.29 is 18.8 Å². The number of anilines is 1. The number of aromatic nitrogens is 2. The van der Waals surface area contributed by atoms with Gasteiger partial charge in [-0.15, -0.1) is 0 Å². The van der Waals surface area contributed by atoms with Crippen LogP contribution in [0.3, 0.4) is 0 Å². The smallest absolute Gasteiger partial charge is 0.277 e. The Hall–Kier alpha value is -3.52. The number of hydrogen-bond donors (Lipinski definition) is 2. The van der Waals surface area contributed by atoms with Gasteiger partial charge in [-0.05, 0) is 43.7 Å². The van der Waals surface area contributed by atoms with Crippen LogP contribution >= 0.6 is 0 Å². The zero-order valence-corrected chi connectivity index (χ0v) is 16.1. The summed E-state index contributed by atoms with van der Waals surface area (Å²) in [5.41, 5.74) is 1.80. The lowest BCUT2D eigenvalue weighted by molar-refractivity contribution is 0.0942. The van der Waals surface area contributed by atoms with Crippen molar-refractivity contribution >= 4 is 17.5 Å². The lowest BCUT2D eigenvalue weighted by Gasteiger charge is -2.08. The molecule has 0 atom stereocenters. The van der Waals surface area contributed by atoms with E-state index in [1.54, 1.807) is 48.8 Å². The second-order valence-corrected chi connectivity index (χ2v) is 6.16. The highest BCUT2D eigenvalue weighted by Crippen LogP contribution is 2.20. The standard InChI is InChI=1S/C21H22N4O4/c1-2-28-11-5-10-23-20(26)15-6-3-8-17(12-15)24-21(27)18-13-19(29-25-18)16-7-4-9-22-14-16/h3-4,6-9,12-14H,2,5,10-11H2,1H3,(H,23,26)(H,24,27). The van der Waals surface area contributed by atoms with Crippen molar-refractivity contribution in [1.82, 2.24) is 15.5 Å². The van der Waals surface area contributed by atoms with Crippen molar-refractivity contribution in [3.8, 4) is 11.3 Å². The van der Waals surface area contributed by atoms with Gasteiger partial charge in [0.25, 0.3) is 11.8 Å². The van der Waals surface area contributed by atoms with Gasteiger partial charge in [-0.1, -0.05) is 11.2 Å². The van der Waals surface area contributed by atoms with Crippen LogP contribution in [0.4, 0.5) is 5.69 Å². The predicted octanol–water partition coefficient (Wildman–Crippen LogP) is 3.15. The second-order valence-electron chi connectivity index (χ2n) is 6.16. The van der Waals surface area contributed by atoms with Gasteiger partial charge in [0.2, 0.25) is 0 Å². The Balaban J connectivity index is 1.59. The summed E-state index contributed by atoms with van der Waals surface area (Å²) >= 11 is 0. The molecule has 0 radical (unpaired) electrons.